The second-order valence-corrected chi connectivity index (χ2v) is 9.52. The van der Waals surface area contributed by atoms with Crippen LogP contribution in [0.3, 0.4) is 0 Å². The first-order valence-corrected chi connectivity index (χ1v) is 12.2. The van der Waals surface area contributed by atoms with Gasteiger partial charge < -0.3 is 20.2 Å². The first kappa shape index (κ1) is 24.5. The van der Waals surface area contributed by atoms with Crippen molar-refractivity contribution >= 4 is 29.4 Å². The summed E-state index contributed by atoms with van der Waals surface area (Å²) >= 11 is 1.22. The maximum absolute atomic E-state index is 13.3. The zero-order valence-electron chi connectivity index (χ0n) is 19.5. The molecule has 3 N–H and O–H groups in total. The lowest BCUT2D eigenvalue weighted by atomic mass is 10.2. The van der Waals surface area contributed by atoms with E-state index < -0.39 is 5.91 Å². The lowest BCUT2D eigenvalue weighted by Crippen LogP contribution is -2.19. The number of carbonyl (C=O) groups excluding carboxylic acids is 2. The molecule has 2 heterocycles. The highest BCUT2D eigenvalue weighted by Crippen LogP contribution is 2.40. The Morgan fingerprint density at radius 2 is 1.94 bits per heavy atom. The first-order valence-electron chi connectivity index (χ1n) is 11.3. The Hall–Kier alpha value is -3.65. The molecule has 3 aromatic rings. The molecule has 0 spiro atoms. The van der Waals surface area contributed by atoms with Gasteiger partial charge in [0, 0.05) is 31.1 Å². The van der Waals surface area contributed by atoms with Crippen molar-refractivity contribution in [2.45, 2.75) is 57.3 Å². The van der Waals surface area contributed by atoms with Crippen LogP contribution in [0.1, 0.15) is 53.4 Å². The molecule has 1 aromatic carbocycles. The van der Waals surface area contributed by atoms with Gasteiger partial charge in [-0.1, -0.05) is 23.9 Å². The zero-order valence-corrected chi connectivity index (χ0v) is 20.4. The van der Waals surface area contributed by atoms with Crippen molar-refractivity contribution < 1.29 is 14.0 Å². The Kier molecular flexibility index (Phi) is 7.21. The van der Waals surface area contributed by atoms with Crippen molar-refractivity contribution in [1.82, 2.24) is 19.3 Å². The molecule has 1 fully saturated rings. The number of hydrogen-bond acceptors (Lipinski definition) is 6. The van der Waals surface area contributed by atoms with Crippen LogP contribution in [0.25, 0.3) is 0 Å². The predicted octanol–water partition coefficient (Wildman–Crippen LogP) is 3.24. The average molecular weight is 496 g/mol. The summed E-state index contributed by atoms with van der Waals surface area (Å²) in [5.74, 6) is 0.562. The number of aromatic nitrogens is 4. The van der Waals surface area contributed by atoms with Gasteiger partial charge >= 0.3 is 0 Å². The Morgan fingerprint density at radius 1 is 1.23 bits per heavy atom. The molecule has 4 rings (SSSR count). The van der Waals surface area contributed by atoms with Crippen molar-refractivity contribution in [3.05, 3.63) is 58.3 Å². The Bertz CT molecular complexity index is 1300. The molecule has 0 saturated heterocycles. The van der Waals surface area contributed by atoms with E-state index in [4.69, 9.17) is 5.73 Å². The summed E-state index contributed by atoms with van der Waals surface area (Å²) in [6.07, 6.45) is 2.22. The molecule has 9 nitrogen and oxygen atoms in total. The second-order valence-electron chi connectivity index (χ2n) is 8.58. The SMILES string of the molecule is Cc1c(C#N)c(NC(=O)CSc2nnc(C3CC3)n2CCC(N)=O)n(Cc2ccc(F)cc2)c1C. The monoisotopic (exact) mass is 495 g/mol. The number of anilines is 1. The molecule has 0 atom stereocenters. The van der Waals surface area contributed by atoms with Gasteiger partial charge in [0.25, 0.3) is 0 Å². The van der Waals surface area contributed by atoms with Gasteiger partial charge in [-0.15, -0.1) is 10.2 Å². The highest BCUT2D eigenvalue weighted by atomic mass is 32.2. The average Bonchev–Trinajstić information content (AvgIpc) is 3.55. The molecule has 0 radical (unpaired) electrons. The van der Waals surface area contributed by atoms with Crippen molar-refractivity contribution in [2.24, 2.45) is 5.73 Å². The summed E-state index contributed by atoms with van der Waals surface area (Å²) in [5, 5.41) is 21.7. The molecular weight excluding hydrogens is 469 g/mol. The molecule has 11 heteroatoms. The van der Waals surface area contributed by atoms with E-state index in [-0.39, 0.29) is 23.9 Å². The predicted molar refractivity (Wildman–Crippen MR) is 129 cm³/mol. The fraction of sp³-hybridized carbons (Fsp3) is 0.375. The minimum Gasteiger partial charge on any atom is -0.370 e. The van der Waals surface area contributed by atoms with E-state index in [1.165, 1.54) is 23.9 Å². The summed E-state index contributed by atoms with van der Waals surface area (Å²) in [6.45, 7) is 4.46. The molecule has 1 aliphatic carbocycles. The van der Waals surface area contributed by atoms with Gasteiger partial charge in [-0.05, 0) is 49.9 Å². The van der Waals surface area contributed by atoms with Gasteiger partial charge in [0.2, 0.25) is 11.8 Å². The Morgan fingerprint density at radius 3 is 2.57 bits per heavy atom. The first-order chi connectivity index (χ1) is 16.8. The molecule has 0 bridgehead atoms. The quantitative estimate of drug-likeness (QED) is 0.415. The number of benzene rings is 1. The van der Waals surface area contributed by atoms with Crippen molar-refractivity contribution in [2.75, 3.05) is 11.1 Å². The summed E-state index contributed by atoms with van der Waals surface area (Å²) in [7, 11) is 0. The molecule has 2 aromatic heterocycles. The van der Waals surface area contributed by atoms with E-state index in [0.717, 1.165) is 35.5 Å². The lowest BCUT2D eigenvalue weighted by Gasteiger charge is -2.13. The molecule has 1 aliphatic rings. The number of halogens is 1. The molecule has 1 saturated carbocycles. The molecule has 0 unspecified atom stereocenters. The van der Waals surface area contributed by atoms with Crippen LogP contribution in [-0.2, 0) is 22.7 Å². The molecule has 35 heavy (non-hydrogen) atoms. The second kappa shape index (κ2) is 10.3. The molecule has 182 valence electrons. The van der Waals surface area contributed by atoms with Crippen LogP contribution in [0.5, 0.6) is 0 Å². The van der Waals surface area contributed by atoms with Crippen molar-refractivity contribution in [3.8, 4) is 6.07 Å². The van der Waals surface area contributed by atoms with Crippen LogP contribution in [0.4, 0.5) is 10.2 Å². The highest BCUT2D eigenvalue weighted by molar-refractivity contribution is 7.99. The maximum Gasteiger partial charge on any atom is 0.235 e. The smallest absolute Gasteiger partial charge is 0.235 e. The van der Waals surface area contributed by atoms with Crippen molar-refractivity contribution in [3.63, 3.8) is 0 Å². The number of hydrogen-bond donors (Lipinski definition) is 2. The van der Waals surface area contributed by atoms with Crippen LogP contribution in [0, 0.1) is 31.0 Å². The number of carbonyl (C=O) groups is 2. The highest BCUT2D eigenvalue weighted by Gasteiger charge is 2.30. The fourth-order valence-corrected chi connectivity index (χ4v) is 4.65. The molecular formula is C24H26FN7O2S. The van der Waals surface area contributed by atoms with Gasteiger partial charge in [0.15, 0.2) is 5.16 Å². The van der Waals surface area contributed by atoms with Gasteiger partial charge in [-0.25, -0.2) is 4.39 Å². The third kappa shape index (κ3) is 5.54. The number of thioether (sulfide) groups is 1. The summed E-state index contributed by atoms with van der Waals surface area (Å²) in [6, 6.07) is 8.30. The van der Waals surface area contributed by atoms with Gasteiger partial charge in [0.05, 0.1) is 11.3 Å². The summed E-state index contributed by atoms with van der Waals surface area (Å²) in [4.78, 5) is 24.2. The topological polar surface area (TPSA) is 132 Å². The third-order valence-electron chi connectivity index (χ3n) is 6.05. The third-order valence-corrected chi connectivity index (χ3v) is 7.02. The van der Waals surface area contributed by atoms with E-state index in [1.54, 1.807) is 12.1 Å². The van der Waals surface area contributed by atoms with Crippen LogP contribution >= 0.6 is 11.8 Å². The van der Waals surface area contributed by atoms with Crippen molar-refractivity contribution in [1.29, 1.82) is 5.26 Å². The van der Waals surface area contributed by atoms with E-state index in [2.05, 4.69) is 21.6 Å². The number of amides is 2. The molecule has 0 aliphatic heterocycles. The van der Waals surface area contributed by atoms with Gasteiger partial charge in [-0.3, -0.25) is 9.59 Å². The van der Waals surface area contributed by atoms with E-state index in [9.17, 15) is 19.2 Å². The standard InChI is InChI=1S/C24H26FN7O2S/c1-14-15(2)32(12-16-3-7-18(25)8-4-16)23(19(14)11-26)28-21(34)13-35-24-30-29-22(17-5-6-17)31(24)10-9-20(27)33/h3-4,7-8,17H,5-6,9-10,12-13H2,1-2H3,(H2,27,33)(H,28,34). The number of nitrogens with two attached hydrogens (primary N) is 1. The number of nitrogens with zero attached hydrogens (tertiary/aromatic N) is 5. The Balaban J connectivity index is 1.50. The van der Waals surface area contributed by atoms with Crippen LogP contribution in [-0.4, -0.2) is 36.9 Å². The number of rotatable bonds is 10. The van der Waals surface area contributed by atoms with Gasteiger partial charge in [-0.2, -0.15) is 5.26 Å². The zero-order chi connectivity index (χ0) is 25.1. The summed E-state index contributed by atoms with van der Waals surface area (Å²) in [5.41, 5.74) is 8.17. The molecule has 2 amide bonds. The van der Waals surface area contributed by atoms with E-state index in [1.807, 2.05) is 23.0 Å². The summed E-state index contributed by atoms with van der Waals surface area (Å²) < 4.78 is 17.0. The maximum atomic E-state index is 13.3. The fourth-order valence-electron chi connectivity index (χ4n) is 3.88. The number of nitrogens with one attached hydrogen (secondary N) is 1. The lowest BCUT2D eigenvalue weighted by molar-refractivity contribution is -0.118. The van der Waals surface area contributed by atoms with Crippen LogP contribution in [0.2, 0.25) is 0 Å². The largest absolute Gasteiger partial charge is 0.370 e. The minimum atomic E-state index is -0.411. The Labute approximate surface area is 206 Å². The van der Waals surface area contributed by atoms with Crippen LogP contribution < -0.4 is 11.1 Å². The number of primary amides is 1. The minimum absolute atomic E-state index is 0.0457. The van der Waals surface area contributed by atoms with Crippen LogP contribution in [0.15, 0.2) is 29.4 Å². The van der Waals surface area contributed by atoms with E-state index >= 15 is 0 Å². The normalized spacial score (nSPS) is 13.0. The van der Waals surface area contributed by atoms with Gasteiger partial charge in [0.1, 0.15) is 23.5 Å². The number of nitriles is 1. The van der Waals surface area contributed by atoms with E-state index in [0.29, 0.717) is 35.5 Å².